The maximum absolute atomic E-state index is 3.81. The molecule has 50 heavy (non-hydrogen) atoms. The predicted molar refractivity (Wildman–Crippen MR) is 218 cm³/mol. The van der Waals surface area contributed by atoms with E-state index in [4.69, 9.17) is 0 Å². The van der Waals surface area contributed by atoms with Gasteiger partial charge in [0.1, 0.15) is 0 Å². The van der Waals surface area contributed by atoms with Crippen molar-refractivity contribution in [3.8, 4) is 0 Å². The third-order valence-electron chi connectivity index (χ3n) is 8.58. The van der Waals surface area contributed by atoms with E-state index in [9.17, 15) is 0 Å². The Bertz CT molecular complexity index is 2120. The molecule has 0 saturated carbocycles. The number of nitrogens with zero attached hydrogens (tertiary/aromatic N) is 2. The second-order valence-electron chi connectivity index (χ2n) is 12.0. The lowest BCUT2D eigenvalue weighted by atomic mass is 10.1. The van der Waals surface area contributed by atoms with Gasteiger partial charge < -0.3 is 9.80 Å². The predicted octanol–water partition coefficient (Wildman–Crippen LogP) is 13.6. The van der Waals surface area contributed by atoms with Gasteiger partial charge in [-0.15, -0.1) is 0 Å². The van der Waals surface area contributed by atoms with Gasteiger partial charge in [0.05, 0.1) is 0 Å². The first-order valence-electron chi connectivity index (χ1n) is 16.8. The number of hydrogen-bond donors (Lipinski definition) is 0. The van der Waals surface area contributed by atoms with E-state index < -0.39 is 0 Å². The summed E-state index contributed by atoms with van der Waals surface area (Å²) in [5, 5.41) is 0. The molecule has 2 nitrogen and oxygen atoms in total. The normalized spacial score (nSPS) is 11.2. The summed E-state index contributed by atoms with van der Waals surface area (Å²) in [5.74, 6) is 0. The zero-order valence-electron chi connectivity index (χ0n) is 27.7. The molecule has 0 amide bonds. The first kappa shape index (κ1) is 32.6. The van der Waals surface area contributed by atoms with Gasteiger partial charge in [0.25, 0.3) is 0 Å². The molecule has 0 aliphatic carbocycles. The van der Waals surface area contributed by atoms with Crippen LogP contribution >= 0.6 is 15.9 Å². The van der Waals surface area contributed by atoms with Crippen LogP contribution in [0.1, 0.15) is 27.8 Å². The molecule has 7 aromatic carbocycles. The van der Waals surface area contributed by atoms with Gasteiger partial charge in [0, 0.05) is 39.5 Å². The largest absolute Gasteiger partial charge is 0.337 e. The summed E-state index contributed by atoms with van der Waals surface area (Å²) in [7, 11) is 0. The van der Waals surface area contributed by atoms with Crippen LogP contribution < -0.4 is 9.80 Å². The highest BCUT2D eigenvalue weighted by molar-refractivity contribution is 9.10. The Labute approximate surface area is 304 Å². The van der Waals surface area contributed by atoms with Crippen molar-refractivity contribution in [2.75, 3.05) is 9.80 Å². The Morgan fingerprint density at radius 1 is 0.380 bits per heavy atom. The number of rotatable bonds is 11. The molecule has 0 unspecified atom stereocenters. The molecule has 0 heterocycles. The number of hydrogen-bond acceptors (Lipinski definition) is 2. The topological polar surface area (TPSA) is 6.48 Å². The van der Waals surface area contributed by atoms with Crippen molar-refractivity contribution in [2.24, 2.45) is 0 Å². The van der Waals surface area contributed by atoms with Crippen LogP contribution in [0.25, 0.3) is 24.3 Å². The van der Waals surface area contributed by atoms with Crippen LogP contribution in [0.3, 0.4) is 0 Å². The van der Waals surface area contributed by atoms with Gasteiger partial charge in [0.2, 0.25) is 0 Å². The van der Waals surface area contributed by atoms with Crippen molar-refractivity contribution >= 4 is 68.7 Å². The van der Waals surface area contributed by atoms with Crippen LogP contribution in [-0.2, 0) is 6.54 Å². The summed E-state index contributed by atoms with van der Waals surface area (Å²) in [5.41, 5.74) is 11.6. The highest BCUT2D eigenvalue weighted by Gasteiger charge is 2.12. The van der Waals surface area contributed by atoms with E-state index >= 15 is 0 Å². The molecule has 0 atom stereocenters. The standard InChI is InChI=1S/C47H37BrN2/c48-47-35-39(22-21-37-25-31-43(32-26-37)49(42-15-7-2-8-16-42)36-40-13-5-1-6-14-40)24-30-41(47)29-23-38-27-33-46(34-28-38)50(44-17-9-3-10-18-44)45-19-11-4-12-20-45/h1-35H,36H2/b22-21+,29-23+. The fourth-order valence-corrected chi connectivity index (χ4v) is 6.50. The Balaban J connectivity index is 1.02. The molecule has 0 spiro atoms. The van der Waals surface area contributed by atoms with E-state index in [-0.39, 0.29) is 0 Å². The average molecular weight is 710 g/mol. The lowest BCUT2D eigenvalue weighted by Crippen LogP contribution is -2.16. The Kier molecular flexibility index (Phi) is 10.4. The third-order valence-corrected chi connectivity index (χ3v) is 9.27. The molecule has 0 radical (unpaired) electrons. The monoisotopic (exact) mass is 708 g/mol. The minimum absolute atomic E-state index is 0.807. The smallest absolute Gasteiger partial charge is 0.0481 e. The quantitative estimate of drug-likeness (QED) is 0.123. The molecule has 0 aromatic heterocycles. The lowest BCUT2D eigenvalue weighted by molar-refractivity contribution is 0.975. The summed E-state index contributed by atoms with van der Waals surface area (Å²) in [4.78, 5) is 4.63. The molecule has 3 heteroatoms. The Morgan fingerprint density at radius 2 is 0.780 bits per heavy atom. The van der Waals surface area contributed by atoms with Gasteiger partial charge in [-0.2, -0.15) is 0 Å². The third kappa shape index (κ3) is 8.20. The number of anilines is 5. The minimum Gasteiger partial charge on any atom is -0.337 e. The van der Waals surface area contributed by atoms with Crippen molar-refractivity contribution in [2.45, 2.75) is 6.54 Å². The summed E-state index contributed by atoms with van der Waals surface area (Å²) in [6.45, 7) is 0.807. The summed E-state index contributed by atoms with van der Waals surface area (Å²) in [6, 6.07) is 66.1. The van der Waals surface area contributed by atoms with Crippen molar-refractivity contribution in [3.63, 3.8) is 0 Å². The highest BCUT2D eigenvalue weighted by Crippen LogP contribution is 2.34. The van der Waals surface area contributed by atoms with Gasteiger partial charge in [-0.25, -0.2) is 0 Å². The average Bonchev–Trinajstić information content (AvgIpc) is 3.18. The Hall–Kier alpha value is -5.90. The molecule has 0 aliphatic rings. The molecular weight excluding hydrogens is 672 g/mol. The molecular formula is C47H37BrN2. The van der Waals surface area contributed by atoms with Crippen LogP contribution in [0, 0.1) is 0 Å². The summed E-state index contributed by atoms with van der Waals surface area (Å²) in [6.07, 6.45) is 8.65. The summed E-state index contributed by atoms with van der Waals surface area (Å²) >= 11 is 3.81. The highest BCUT2D eigenvalue weighted by atomic mass is 79.9. The van der Waals surface area contributed by atoms with Crippen molar-refractivity contribution in [1.82, 2.24) is 0 Å². The first-order valence-corrected chi connectivity index (χ1v) is 17.6. The lowest BCUT2D eigenvalue weighted by Gasteiger charge is -2.25. The van der Waals surface area contributed by atoms with E-state index in [1.807, 2.05) is 12.1 Å². The van der Waals surface area contributed by atoms with Crippen LogP contribution in [-0.4, -0.2) is 0 Å². The maximum atomic E-state index is 3.81. The van der Waals surface area contributed by atoms with Crippen LogP contribution in [0.15, 0.2) is 193 Å². The molecule has 242 valence electrons. The molecule has 0 N–H and O–H groups in total. The van der Waals surface area contributed by atoms with E-state index in [1.165, 1.54) is 11.3 Å². The van der Waals surface area contributed by atoms with Gasteiger partial charge in [-0.05, 0) is 94.5 Å². The Morgan fingerprint density at radius 3 is 1.32 bits per heavy atom. The van der Waals surface area contributed by atoms with E-state index in [1.54, 1.807) is 0 Å². The van der Waals surface area contributed by atoms with Crippen molar-refractivity contribution in [3.05, 3.63) is 220 Å². The van der Waals surface area contributed by atoms with E-state index in [0.717, 1.165) is 56.0 Å². The minimum atomic E-state index is 0.807. The van der Waals surface area contributed by atoms with Crippen LogP contribution in [0.2, 0.25) is 0 Å². The van der Waals surface area contributed by atoms with E-state index in [2.05, 4.69) is 226 Å². The molecule has 7 rings (SSSR count). The molecule has 7 aromatic rings. The van der Waals surface area contributed by atoms with Gasteiger partial charge in [0.15, 0.2) is 0 Å². The molecule has 0 fully saturated rings. The van der Waals surface area contributed by atoms with Crippen molar-refractivity contribution < 1.29 is 0 Å². The first-order chi connectivity index (χ1) is 24.7. The second kappa shape index (κ2) is 16.0. The van der Waals surface area contributed by atoms with Crippen molar-refractivity contribution in [1.29, 1.82) is 0 Å². The number of para-hydroxylation sites is 3. The fourth-order valence-electron chi connectivity index (χ4n) is 5.97. The maximum Gasteiger partial charge on any atom is 0.0481 e. The van der Waals surface area contributed by atoms with Crippen LogP contribution in [0.5, 0.6) is 0 Å². The summed E-state index contributed by atoms with van der Waals surface area (Å²) < 4.78 is 1.06. The van der Waals surface area contributed by atoms with E-state index in [0.29, 0.717) is 0 Å². The van der Waals surface area contributed by atoms with Gasteiger partial charge in [-0.3, -0.25) is 0 Å². The van der Waals surface area contributed by atoms with Gasteiger partial charge in [-0.1, -0.05) is 162 Å². The molecule has 0 bridgehead atoms. The van der Waals surface area contributed by atoms with Crippen LogP contribution in [0.4, 0.5) is 28.4 Å². The fraction of sp³-hybridized carbons (Fsp3) is 0.0213. The zero-order chi connectivity index (χ0) is 34.0. The number of benzene rings is 7. The second-order valence-corrected chi connectivity index (χ2v) is 12.9. The zero-order valence-corrected chi connectivity index (χ0v) is 29.3. The van der Waals surface area contributed by atoms with Gasteiger partial charge >= 0.3 is 0 Å². The molecule has 0 aliphatic heterocycles. The number of halogens is 1. The SMILES string of the molecule is Brc1cc(/C=C/c2ccc(N(Cc3ccccc3)c3ccccc3)cc2)ccc1/C=C/c1ccc(N(c2ccccc2)c2ccccc2)cc1. The molecule has 0 saturated heterocycles.